The Bertz CT molecular complexity index is 766. The van der Waals surface area contributed by atoms with Gasteiger partial charge in [0.05, 0.1) is 24.6 Å². The summed E-state index contributed by atoms with van der Waals surface area (Å²) < 4.78 is 51.6. The average Bonchev–Trinajstić information content (AvgIpc) is 2.61. The lowest BCUT2D eigenvalue weighted by atomic mass is 10.1. The molecule has 1 aromatic heterocycles. The van der Waals surface area contributed by atoms with E-state index in [1.807, 2.05) is 6.92 Å². The minimum absolute atomic E-state index is 0.0154. The van der Waals surface area contributed by atoms with Gasteiger partial charge in [0.25, 0.3) is 0 Å². The van der Waals surface area contributed by atoms with Gasteiger partial charge in [-0.2, -0.15) is 13.2 Å². The highest BCUT2D eigenvalue weighted by molar-refractivity contribution is 5.78. The SMILES string of the molecule is CCCN(C[C@@H](O)c1cccnc1)C(=O)Cc1ccc(C(F)(F)F)c(F)c1. The van der Waals surface area contributed by atoms with Crippen molar-refractivity contribution in [2.45, 2.75) is 32.0 Å². The Balaban J connectivity index is 2.09. The molecule has 0 bridgehead atoms. The Labute approximate surface area is 154 Å². The summed E-state index contributed by atoms with van der Waals surface area (Å²) in [7, 11) is 0. The normalized spacial score (nSPS) is 12.7. The lowest BCUT2D eigenvalue weighted by Crippen LogP contribution is -2.36. The van der Waals surface area contributed by atoms with Gasteiger partial charge >= 0.3 is 6.18 Å². The van der Waals surface area contributed by atoms with Crippen molar-refractivity contribution in [1.29, 1.82) is 0 Å². The number of halogens is 4. The van der Waals surface area contributed by atoms with Crippen LogP contribution in [0.25, 0.3) is 0 Å². The molecule has 1 amide bonds. The number of hydrogen-bond donors (Lipinski definition) is 1. The summed E-state index contributed by atoms with van der Waals surface area (Å²) in [6, 6.07) is 5.79. The summed E-state index contributed by atoms with van der Waals surface area (Å²) >= 11 is 0. The van der Waals surface area contributed by atoms with E-state index in [-0.39, 0.29) is 18.5 Å². The van der Waals surface area contributed by atoms with Gasteiger partial charge in [-0.05, 0) is 30.2 Å². The van der Waals surface area contributed by atoms with Crippen LogP contribution in [0.2, 0.25) is 0 Å². The second-order valence-corrected chi connectivity index (χ2v) is 6.13. The zero-order valence-electron chi connectivity index (χ0n) is 14.7. The molecule has 4 nitrogen and oxygen atoms in total. The molecular formula is C19H20F4N2O2. The van der Waals surface area contributed by atoms with Crippen molar-refractivity contribution in [1.82, 2.24) is 9.88 Å². The van der Waals surface area contributed by atoms with Crippen LogP contribution in [0.4, 0.5) is 17.6 Å². The fourth-order valence-electron chi connectivity index (χ4n) is 2.66. The molecule has 1 heterocycles. The van der Waals surface area contributed by atoms with Gasteiger partial charge < -0.3 is 10.0 Å². The Kier molecular flexibility index (Phi) is 6.90. The van der Waals surface area contributed by atoms with Crippen LogP contribution in [0.5, 0.6) is 0 Å². The van der Waals surface area contributed by atoms with Crippen molar-refractivity contribution in [3.63, 3.8) is 0 Å². The first-order valence-electron chi connectivity index (χ1n) is 8.43. The standard InChI is InChI=1S/C19H20F4N2O2/c1-2-8-25(12-17(26)14-4-3-7-24-11-14)18(27)10-13-5-6-15(16(20)9-13)19(21,22)23/h3-7,9,11,17,26H,2,8,10,12H2,1H3/t17-/m1/s1. The molecule has 2 aromatic rings. The number of alkyl halides is 3. The lowest BCUT2D eigenvalue weighted by molar-refractivity contribution is -0.140. The quantitative estimate of drug-likeness (QED) is 0.740. The van der Waals surface area contributed by atoms with Crippen LogP contribution in [0, 0.1) is 5.82 Å². The summed E-state index contributed by atoms with van der Waals surface area (Å²) in [4.78, 5) is 17.8. The van der Waals surface area contributed by atoms with E-state index in [4.69, 9.17) is 0 Å². The van der Waals surface area contributed by atoms with E-state index in [9.17, 15) is 27.5 Å². The predicted molar refractivity (Wildman–Crippen MR) is 91.2 cm³/mol. The molecule has 146 valence electrons. The summed E-state index contributed by atoms with van der Waals surface area (Å²) in [6.45, 7) is 2.23. The molecule has 27 heavy (non-hydrogen) atoms. The molecule has 1 atom stereocenters. The van der Waals surface area contributed by atoms with Crippen LogP contribution >= 0.6 is 0 Å². The number of hydrogen-bond acceptors (Lipinski definition) is 3. The smallest absolute Gasteiger partial charge is 0.386 e. The minimum Gasteiger partial charge on any atom is -0.386 e. The number of aliphatic hydroxyl groups excluding tert-OH is 1. The first-order valence-corrected chi connectivity index (χ1v) is 8.43. The average molecular weight is 384 g/mol. The van der Waals surface area contributed by atoms with Crippen LogP contribution < -0.4 is 0 Å². The van der Waals surface area contributed by atoms with Crippen molar-refractivity contribution in [3.8, 4) is 0 Å². The zero-order valence-corrected chi connectivity index (χ0v) is 14.7. The molecule has 0 spiro atoms. The van der Waals surface area contributed by atoms with Gasteiger partial charge in [-0.1, -0.05) is 19.1 Å². The topological polar surface area (TPSA) is 53.4 Å². The largest absolute Gasteiger partial charge is 0.419 e. The molecule has 8 heteroatoms. The molecule has 0 aliphatic carbocycles. The molecule has 2 rings (SSSR count). The van der Waals surface area contributed by atoms with E-state index in [0.717, 1.165) is 12.1 Å². The summed E-state index contributed by atoms with van der Waals surface area (Å²) in [6.07, 6.45) is -2.30. The molecule has 0 aliphatic heterocycles. The predicted octanol–water partition coefficient (Wildman–Crippen LogP) is 3.75. The molecule has 0 aliphatic rings. The van der Waals surface area contributed by atoms with Crippen molar-refractivity contribution in [2.24, 2.45) is 0 Å². The second-order valence-electron chi connectivity index (χ2n) is 6.13. The number of aromatic nitrogens is 1. The summed E-state index contributed by atoms with van der Waals surface area (Å²) in [5.41, 5.74) is -0.675. The van der Waals surface area contributed by atoms with E-state index in [1.54, 1.807) is 18.3 Å². The Morgan fingerprint density at radius 3 is 2.59 bits per heavy atom. The van der Waals surface area contributed by atoms with Crippen LogP contribution in [0.15, 0.2) is 42.7 Å². The van der Waals surface area contributed by atoms with E-state index in [0.29, 0.717) is 24.6 Å². The maximum absolute atomic E-state index is 13.7. The van der Waals surface area contributed by atoms with Gasteiger partial charge in [-0.15, -0.1) is 0 Å². The Hall–Kier alpha value is -2.48. The number of carbonyl (C=O) groups excluding carboxylic acids is 1. The van der Waals surface area contributed by atoms with Crippen molar-refractivity contribution in [3.05, 3.63) is 65.2 Å². The molecule has 1 N–H and O–H groups in total. The van der Waals surface area contributed by atoms with Gasteiger partial charge in [0.1, 0.15) is 5.82 Å². The molecular weight excluding hydrogens is 364 g/mol. The van der Waals surface area contributed by atoms with Crippen molar-refractivity contribution < 1.29 is 27.5 Å². The van der Waals surface area contributed by atoms with E-state index in [1.165, 1.54) is 11.1 Å². The van der Waals surface area contributed by atoms with E-state index >= 15 is 0 Å². The lowest BCUT2D eigenvalue weighted by Gasteiger charge is -2.25. The van der Waals surface area contributed by atoms with Gasteiger partial charge in [0, 0.05) is 24.5 Å². The maximum atomic E-state index is 13.7. The molecule has 0 fully saturated rings. The van der Waals surface area contributed by atoms with Gasteiger partial charge in [0.2, 0.25) is 5.91 Å². The van der Waals surface area contributed by atoms with Gasteiger partial charge in [0.15, 0.2) is 0 Å². The zero-order chi connectivity index (χ0) is 20.0. The van der Waals surface area contributed by atoms with E-state index in [2.05, 4.69) is 4.98 Å². The summed E-state index contributed by atoms with van der Waals surface area (Å²) in [5, 5.41) is 10.3. The number of pyridine rings is 1. The van der Waals surface area contributed by atoms with Crippen molar-refractivity contribution in [2.75, 3.05) is 13.1 Å². The Morgan fingerprint density at radius 2 is 2.04 bits per heavy atom. The third kappa shape index (κ3) is 5.75. The highest BCUT2D eigenvalue weighted by Crippen LogP contribution is 2.31. The molecule has 0 radical (unpaired) electrons. The summed E-state index contributed by atoms with van der Waals surface area (Å²) in [5.74, 6) is -1.82. The fourth-order valence-corrected chi connectivity index (χ4v) is 2.66. The highest BCUT2D eigenvalue weighted by Gasteiger charge is 2.34. The van der Waals surface area contributed by atoms with Crippen LogP contribution in [0.1, 0.15) is 36.1 Å². The fraction of sp³-hybridized carbons (Fsp3) is 0.368. The molecule has 0 saturated heterocycles. The second kappa shape index (κ2) is 8.94. The highest BCUT2D eigenvalue weighted by atomic mass is 19.4. The number of benzene rings is 1. The molecule has 0 unspecified atom stereocenters. The van der Waals surface area contributed by atoms with Crippen LogP contribution in [-0.4, -0.2) is 34.0 Å². The number of amides is 1. The van der Waals surface area contributed by atoms with Crippen LogP contribution in [-0.2, 0) is 17.4 Å². The minimum atomic E-state index is -4.78. The molecule has 1 aromatic carbocycles. The number of nitrogens with zero attached hydrogens (tertiary/aromatic N) is 2. The third-order valence-electron chi connectivity index (χ3n) is 4.00. The van der Waals surface area contributed by atoms with E-state index < -0.39 is 29.6 Å². The number of carbonyl (C=O) groups is 1. The maximum Gasteiger partial charge on any atom is 0.419 e. The number of aliphatic hydroxyl groups is 1. The van der Waals surface area contributed by atoms with Crippen LogP contribution in [0.3, 0.4) is 0 Å². The number of rotatable bonds is 7. The molecule has 0 saturated carbocycles. The third-order valence-corrected chi connectivity index (χ3v) is 4.00. The monoisotopic (exact) mass is 384 g/mol. The van der Waals surface area contributed by atoms with Crippen molar-refractivity contribution >= 4 is 5.91 Å². The van der Waals surface area contributed by atoms with Gasteiger partial charge in [-0.25, -0.2) is 4.39 Å². The first kappa shape index (κ1) is 20.8. The first-order chi connectivity index (χ1) is 12.7. The van der Waals surface area contributed by atoms with Gasteiger partial charge in [-0.3, -0.25) is 9.78 Å². The Morgan fingerprint density at radius 1 is 1.30 bits per heavy atom.